The summed E-state index contributed by atoms with van der Waals surface area (Å²) < 4.78 is 9.88. The van der Waals surface area contributed by atoms with Gasteiger partial charge in [0.15, 0.2) is 0 Å². The van der Waals surface area contributed by atoms with Crippen LogP contribution >= 0.6 is 0 Å². The molecule has 0 radical (unpaired) electrons. The van der Waals surface area contributed by atoms with E-state index in [9.17, 15) is 9.59 Å². The first kappa shape index (κ1) is 19.8. The first-order valence-electron chi connectivity index (χ1n) is 8.78. The second kappa shape index (κ2) is 9.32. The lowest BCUT2D eigenvalue weighted by atomic mass is 10.1. The Morgan fingerprint density at radius 1 is 1.00 bits per heavy atom. The van der Waals surface area contributed by atoms with Crippen LogP contribution in [0.4, 0.5) is 11.5 Å². The molecule has 0 unspecified atom stereocenters. The molecular weight excluding hydrogens is 372 g/mol. The number of carbonyl (C=O) groups is 2. The Hall–Kier alpha value is -3.94. The Kier molecular flexibility index (Phi) is 6.36. The quantitative estimate of drug-likeness (QED) is 0.596. The number of ether oxygens (including phenoxy) is 2. The van der Waals surface area contributed by atoms with Crippen molar-refractivity contribution in [2.75, 3.05) is 24.9 Å². The number of amides is 1. The summed E-state index contributed by atoms with van der Waals surface area (Å²) in [5.74, 6) is 0.283. The number of methoxy groups -OCH3 is 2. The number of carbonyl (C=O) groups excluding carboxylic acids is 2. The molecule has 0 atom stereocenters. The molecule has 1 heterocycles. The molecule has 0 saturated carbocycles. The van der Waals surface area contributed by atoms with Crippen molar-refractivity contribution in [1.29, 1.82) is 0 Å². The van der Waals surface area contributed by atoms with E-state index in [1.807, 2.05) is 24.3 Å². The van der Waals surface area contributed by atoms with Crippen LogP contribution in [-0.4, -0.2) is 36.1 Å². The maximum atomic E-state index is 12.6. The zero-order chi connectivity index (χ0) is 20.6. The minimum Gasteiger partial charge on any atom is -0.497 e. The van der Waals surface area contributed by atoms with Crippen LogP contribution in [0.5, 0.6) is 5.75 Å². The van der Waals surface area contributed by atoms with Crippen LogP contribution in [0.15, 0.2) is 60.9 Å². The van der Waals surface area contributed by atoms with Crippen molar-refractivity contribution in [3.63, 3.8) is 0 Å². The van der Waals surface area contributed by atoms with Gasteiger partial charge in [0, 0.05) is 12.6 Å². The average molecular weight is 392 g/mol. The molecular formula is C21H20N4O4. The maximum absolute atomic E-state index is 12.6. The summed E-state index contributed by atoms with van der Waals surface area (Å²) in [4.78, 5) is 32.6. The molecule has 0 fully saturated rings. The van der Waals surface area contributed by atoms with Crippen molar-refractivity contribution >= 4 is 23.4 Å². The lowest BCUT2D eigenvalue weighted by Gasteiger charge is -2.10. The molecule has 1 aromatic heterocycles. The van der Waals surface area contributed by atoms with Crippen LogP contribution in [0, 0.1) is 0 Å². The normalized spacial score (nSPS) is 10.1. The molecule has 0 saturated heterocycles. The number of anilines is 2. The van der Waals surface area contributed by atoms with E-state index in [0.717, 1.165) is 11.3 Å². The molecule has 29 heavy (non-hydrogen) atoms. The van der Waals surface area contributed by atoms with Crippen molar-refractivity contribution in [2.24, 2.45) is 0 Å². The largest absolute Gasteiger partial charge is 0.497 e. The Morgan fingerprint density at radius 2 is 1.76 bits per heavy atom. The highest BCUT2D eigenvalue weighted by Crippen LogP contribution is 2.18. The number of hydrogen-bond donors (Lipinski definition) is 2. The fourth-order valence-electron chi connectivity index (χ4n) is 2.58. The van der Waals surface area contributed by atoms with Crippen LogP contribution in [-0.2, 0) is 11.3 Å². The highest BCUT2D eigenvalue weighted by Gasteiger charge is 2.15. The van der Waals surface area contributed by atoms with Crippen molar-refractivity contribution in [1.82, 2.24) is 9.97 Å². The number of nitrogens with zero attached hydrogens (tertiary/aromatic N) is 2. The number of benzene rings is 2. The molecule has 0 spiro atoms. The Bertz CT molecular complexity index is 1010. The second-order valence-corrected chi connectivity index (χ2v) is 5.98. The van der Waals surface area contributed by atoms with E-state index in [-0.39, 0.29) is 11.3 Å². The van der Waals surface area contributed by atoms with E-state index in [0.29, 0.717) is 18.1 Å². The predicted molar refractivity (Wildman–Crippen MR) is 108 cm³/mol. The lowest BCUT2D eigenvalue weighted by molar-refractivity contribution is 0.0602. The van der Waals surface area contributed by atoms with E-state index in [2.05, 4.69) is 20.6 Å². The fourth-order valence-corrected chi connectivity index (χ4v) is 2.58. The first-order valence-corrected chi connectivity index (χ1v) is 8.78. The van der Waals surface area contributed by atoms with E-state index in [4.69, 9.17) is 9.47 Å². The number of aromatic nitrogens is 2. The molecule has 8 heteroatoms. The van der Waals surface area contributed by atoms with Gasteiger partial charge in [-0.25, -0.2) is 14.8 Å². The standard InChI is InChI=1S/C21H20N4O4/c1-28-15-9-7-14(8-10-15)12-22-19-11-18(23-13-24-19)20(26)25-17-6-4-3-5-16(17)21(27)29-2/h3-11,13H,12H2,1-2H3,(H,25,26)(H,22,23,24). The van der Waals surface area contributed by atoms with Crippen molar-refractivity contribution in [2.45, 2.75) is 6.54 Å². The summed E-state index contributed by atoms with van der Waals surface area (Å²) in [7, 11) is 2.90. The van der Waals surface area contributed by atoms with Crippen molar-refractivity contribution in [3.8, 4) is 5.75 Å². The third-order valence-corrected chi connectivity index (χ3v) is 4.11. The predicted octanol–water partition coefficient (Wildman–Crippen LogP) is 3.14. The average Bonchev–Trinajstić information content (AvgIpc) is 2.78. The van der Waals surface area contributed by atoms with Gasteiger partial charge in [-0.05, 0) is 29.8 Å². The van der Waals surface area contributed by atoms with Crippen molar-refractivity contribution in [3.05, 3.63) is 77.7 Å². The van der Waals surface area contributed by atoms with Gasteiger partial charge in [-0.2, -0.15) is 0 Å². The molecule has 0 aliphatic carbocycles. The van der Waals surface area contributed by atoms with E-state index < -0.39 is 11.9 Å². The first-order chi connectivity index (χ1) is 14.1. The van der Waals surface area contributed by atoms with Gasteiger partial charge in [0.25, 0.3) is 5.91 Å². The summed E-state index contributed by atoms with van der Waals surface area (Å²) in [6, 6.07) is 15.7. The molecule has 148 valence electrons. The summed E-state index contributed by atoms with van der Waals surface area (Å²) in [5.41, 5.74) is 1.80. The summed E-state index contributed by atoms with van der Waals surface area (Å²) in [6.07, 6.45) is 1.30. The zero-order valence-electron chi connectivity index (χ0n) is 16.0. The smallest absolute Gasteiger partial charge is 0.339 e. The number of rotatable bonds is 7. The highest BCUT2D eigenvalue weighted by molar-refractivity contribution is 6.07. The molecule has 3 aromatic rings. The Morgan fingerprint density at radius 3 is 2.48 bits per heavy atom. The highest BCUT2D eigenvalue weighted by atomic mass is 16.5. The van der Waals surface area contributed by atoms with Gasteiger partial charge in [-0.3, -0.25) is 4.79 Å². The van der Waals surface area contributed by atoms with E-state index in [1.165, 1.54) is 13.4 Å². The third-order valence-electron chi connectivity index (χ3n) is 4.11. The molecule has 2 N–H and O–H groups in total. The molecule has 1 amide bonds. The molecule has 0 bridgehead atoms. The van der Waals surface area contributed by atoms with Crippen LogP contribution < -0.4 is 15.4 Å². The molecule has 8 nitrogen and oxygen atoms in total. The van der Waals surface area contributed by atoms with Gasteiger partial charge >= 0.3 is 5.97 Å². The minimum atomic E-state index is -0.537. The van der Waals surface area contributed by atoms with Crippen LogP contribution in [0.1, 0.15) is 26.4 Å². The number of esters is 1. The van der Waals surface area contributed by atoms with Gasteiger partial charge in [-0.15, -0.1) is 0 Å². The zero-order valence-corrected chi connectivity index (χ0v) is 16.0. The summed E-state index contributed by atoms with van der Waals surface area (Å²) >= 11 is 0. The maximum Gasteiger partial charge on any atom is 0.339 e. The molecule has 0 aliphatic rings. The van der Waals surface area contributed by atoms with Crippen molar-refractivity contribution < 1.29 is 19.1 Å². The monoisotopic (exact) mass is 392 g/mol. The van der Waals surface area contributed by atoms with Gasteiger partial charge in [-0.1, -0.05) is 24.3 Å². The third kappa shape index (κ3) is 5.07. The van der Waals surface area contributed by atoms with E-state index >= 15 is 0 Å². The van der Waals surface area contributed by atoms with Gasteiger partial charge in [0.05, 0.1) is 25.5 Å². The second-order valence-electron chi connectivity index (χ2n) is 5.98. The minimum absolute atomic E-state index is 0.164. The number of hydrogen-bond acceptors (Lipinski definition) is 7. The van der Waals surface area contributed by atoms with Gasteiger partial charge < -0.3 is 20.1 Å². The van der Waals surface area contributed by atoms with Crippen LogP contribution in [0.25, 0.3) is 0 Å². The number of para-hydroxylation sites is 1. The fraction of sp³-hybridized carbons (Fsp3) is 0.143. The van der Waals surface area contributed by atoms with E-state index in [1.54, 1.807) is 37.4 Å². The van der Waals surface area contributed by atoms with Gasteiger partial charge in [0.1, 0.15) is 23.6 Å². The van der Waals surface area contributed by atoms with Gasteiger partial charge in [0.2, 0.25) is 0 Å². The number of nitrogens with one attached hydrogen (secondary N) is 2. The molecule has 0 aliphatic heterocycles. The topological polar surface area (TPSA) is 102 Å². The Balaban J connectivity index is 1.69. The molecule has 3 rings (SSSR count). The Labute approximate surface area is 167 Å². The van der Waals surface area contributed by atoms with Crippen LogP contribution in [0.2, 0.25) is 0 Å². The SMILES string of the molecule is COC(=O)c1ccccc1NC(=O)c1cc(NCc2ccc(OC)cc2)ncn1. The molecule has 2 aromatic carbocycles. The lowest BCUT2D eigenvalue weighted by Crippen LogP contribution is -2.17. The van der Waals surface area contributed by atoms with Crippen LogP contribution in [0.3, 0.4) is 0 Å². The summed E-state index contributed by atoms with van der Waals surface area (Å²) in [5, 5.41) is 5.83. The summed E-state index contributed by atoms with van der Waals surface area (Å²) in [6.45, 7) is 0.521.